The van der Waals surface area contributed by atoms with Gasteiger partial charge >= 0.3 is 6.18 Å². The summed E-state index contributed by atoms with van der Waals surface area (Å²) in [6.07, 6.45) is -4.59. The molecular formula is C25H22F4N2O4. The number of hydrogen-bond acceptors (Lipinski definition) is 4. The van der Waals surface area contributed by atoms with Gasteiger partial charge in [0.25, 0.3) is 11.5 Å². The average Bonchev–Trinajstić information content (AvgIpc) is 2.81. The lowest BCUT2D eigenvalue weighted by molar-refractivity contribution is -0.137. The van der Waals surface area contributed by atoms with Crippen LogP contribution in [0.15, 0.2) is 53.3 Å². The summed E-state index contributed by atoms with van der Waals surface area (Å²) in [5, 5.41) is 0. The molecule has 0 fully saturated rings. The molecule has 3 aromatic rings. The third-order valence-corrected chi connectivity index (χ3v) is 5.72. The van der Waals surface area contributed by atoms with Crippen LogP contribution in [0.25, 0.3) is 5.69 Å². The minimum atomic E-state index is -4.59. The number of carbonyl (C=O) groups excluding carboxylic acids is 1. The van der Waals surface area contributed by atoms with Crippen molar-refractivity contribution in [2.24, 2.45) is 0 Å². The summed E-state index contributed by atoms with van der Waals surface area (Å²) in [6, 6.07) is 9.73. The van der Waals surface area contributed by atoms with E-state index < -0.39 is 29.0 Å². The summed E-state index contributed by atoms with van der Waals surface area (Å²) in [5.41, 5.74) is -0.592. The molecule has 1 aliphatic heterocycles. The summed E-state index contributed by atoms with van der Waals surface area (Å²) in [4.78, 5) is 28.0. The third-order valence-electron chi connectivity index (χ3n) is 5.72. The molecule has 4 rings (SSSR count). The van der Waals surface area contributed by atoms with Gasteiger partial charge in [0.1, 0.15) is 17.1 Å². The summed E-state index contributed by atoms with van der Waals surface area (Å²) in [5.74, 6) is -0.726. The maximum atomic E-state index is 14.2. The van der Waals surface area contributed by atoms with Gasteiger partial charge in [-0.1, -0.05) is 6.07 Å². The monoisotopic (exact) mass is 490 g/mol. The number of amides is 1. The first-order chi connectivity index (χ1) is 16.6. The Morgan fingerprint density at radius 3 is 2.63 bits per heavy atom. The maximum Gasteiger partial charge on any atom is 0.416 e. The van der Waals surface area contributed by atoms with Gasteiger partial charge in [-0.25, -0.2) is 4.39 Å². The molecule has 1 aromatic heterocycles. The van der Waals surface area contributed by atoms with Crippen LogP contribution in [0.4, 0.5) is 17.6 Å². The third kappa shape index (κ3) is 4.93. The number of ether oxygens (including phenoxy) is 2. The molecule has 10 heteroatoms. The summed E-state index contributed by atoms with van der Waals surface area (Å²) >= 11 is 0. The second kappa shape index (κ2) is 9.53. The van der Waals surface area contributed by atoms with Crippen molar-refractivity contribution in [1.82, 2.24) is 9.47 Å². The Balaban J connectivity index is 1.71. The molecule has 0 spiro atoms. The van der Waals surface area contributed by atoms with E-state index in [0.717, 1.165) is 16.7 Å². The zero-order valence-corrected chi connectivity index (χ0v) is 19.0. The highest BCUT2D eigenvalue weighted by Crippen LogP contribution is 2.31. The van der Waals surface area contributed by atoms with Gasteiger partial charge in [0, 0.05) is 35.6 Å². The van der Waals surface area contributed by atoms with E-state index in [2.05, 4.69) is 0 Å². The molecule has 0 saturated heterocycles. The molecule has 1 aliphatic rings. The van der Waals surface area contributed by atoms with Gasteiger partial charge in [-0.2, -0.15) is 13.2 Å². The Labute approximate surface area is 198 Å². The number of halogens is 4. The first kappa shape index (κ1) is 24.5. The smallest absolute Gasteiger partial charge is 0.416 e. The predicted molar refractivity (Wildman–Crippen MR) is 119 cm³/mol. The van der Waals surface area contributed by atoms with Crippen molar-refractivity contribution in [3.05, 3.63) is 92.6 Å². The Hall–Kier alpha value is -3.66. The van der Waals surface area contributed by atoms with Crippen molar-refractivity contribution >= 4 is 5.91 Å². The van der Waals surface area contributed by atoms with E-state index in [9.17, 15) is 27.2 Å². The fourth-order valence-electron chi connectivity index (χ4n) is 4.01. The number of hydrogen-bond donors (Lipinski definition) is 0. The first-order valence-corrected chi connectivity index (χ1v) is 10.8. The number of fused-ring (bicyclic) bond motifs is 1. The van der Waals surface area contributed by atoms with E-state index in [0.29, 0.717) is 22.6 Å². The molecular weight excluding hydrogens is 468 g/mol. The SMILES string of the molecule is CCN(Cc1cc(F)cc2c1OCOC2)C(=O)c1ccc(C)n(-c2cccc(C(F)(F)F)c2)c1=O. The van der Waals surface area contributed by atoms with E-state index >= 15 is 0 Å². The minimum Gasteiger partial charge on any atom is -0.467 e. The van der Waals surface area contributed by atoms with Crippen molar-refractivity contribution in [3.63, 3.8) is 0 Å². The van der Waals surface area contributed by atoms with E-state index in [1.165, 1.54) is 41.3 Å². The fourth-order valence-corrected chi connectivity index (χ4v) is 4.01. The number of carbonyl (C=O) groups is 1. The van der Waals surface area contributed by atoms with Crippen LogP contribution < -0.4 is 10.3 Å². The molecule has 6 nitrogen and oxygen atoms in total. The quantitative estimate of drug-likeness (QED) is 0.481. The van der Waals surface area contributed by atoms with Crippen LogP contribution in [-0.4, -0.2) is 28.7 Å². The van der Waals surface area contributed by atoms with Crippen LogP contribution in [0.5, 0.6) is 5.75 Å². The second-order valence-electron chi connectivity index (χ2n) is 8.06. The van der Waals surface area contributed by atoms with Gasteiger partial charge in [-0.05, 0) is 56.3 Å². The predicted octanol–water partition coefficient (Wildman–Crippen LogP) is 4.83. The molecule has 0 bridgehead atoms. The van der Waals surface area contributed by atoms with Crippen molar-refractivity contribution in [2.75, 3.05) is 13.3 Å². The van der Waals surface area contributed by atoms with Gasteiger partial charge < -0.3 is 14.4 Å². The van der Waals surface area contributed by atoms with Crippen molar-refractivity contribution in [2.45, 2.75) is 33.2 Å². The van der Waals surface area contributed by atoms with Crippen LogP contribution in [0, 0.1) is 12.7 Å². The molecule has 1 amide bonds. The lowest BCUT2D eigenvalue weighted by Gasteiger charge is -2.25. The largest absolute Gasteiger partial charge is 0.467 e. The van der Waals surface area contributed by atoms with Gasteiger partial charge in [0.2, 0.25) is 0 Å². The van der Waals surface area contributed by atoms with E-state index in [4.69, 9.17) is 9.47 Å². The standard InChI is InChI=1S/C25H22F4N2O4/c1-3-30(12-16-9-19(26)10-17-13-34-14-35-22(16)17)23(32)21-8-7-15(2)31(24(21)33)20-6-4-5-18(11-20)25(27,28)29/h4-11H,3,12-14H2,1-2H3. The van der Waals surface area contributed by atoms with Gasteiger partial charge in [-0.15, -0.1) is 0 Å². The van der Waals surface area contributed by atoms with Gasteiger partial charge in [0.05, 0.1) is 12.2 Å². The highest BCUT2D eigenvalue weighted by Gasteiger charge is 2.31. The molecule has 0 N–H and O–H groups in total. The summed E-state index contributed by atoms with van der Waals surface area (Å²) in [7, 11) is 0. The number of nitrogens with zero attached hydrogens (tertiary/aromatic N) is 2. The van der Waals surface area contributed by atoms with E-state index in [1.54, 1.807) is 13.8 Å². The number of rotatable bonds is 5. The highest BCUT2D eigenvalue weighted by molar-refractivity contribution is 5.94. The average molecular weight is 490 g/mol. The number of pyridine rings is 1. The Morgan fingerprint density at radius 1 is 1.14 bits per heavy atom. The lowest BCUT2D eigenvalue weighted by atomic mass is 10.1. The number of aryl methyl sites for hydroxylation is 1. The maximum absolute atomic E-state index is 14.2. The molecule has 0 aliphatic carbocycles. The Bertz CT molecular complexity index is 1330. The van der Waals surface area contributed by atoms with Gasteiger partial charge in [0.15, 0.2) is 6.79 Å². The van der Waals surface area contributed by atoms with Crippen LogP contribution in [0.3, 0.4) is 0 Å². The fraction of sp³-hybridized carbons (Fsp3) is 0.280. The summed E-state index contributed by atoms with van der Waals surface area (Å²) in [6.45, 7) is 3.58. The molecule has 0 unspecified atom stereocenters. The van der Waals surface area contributed by atoms with Crippen molar-refractivity contribution < 1.29 is 31.8 Å². The minimum absolute atomic E-state index is 0.00683. The van der Waals surface area contributed by atoms with Gasteiger partial charge in [-0.3, -0.25) is 14.2 Å². The zero-order chi connectivity index (χ0) is 25.3. The Kier molecular flexibility index (Phi) is 6.66. The van der Waals surface area contributed by atoms with Crippen LogP contribution in [-0.2, 0) is 24.1 Å². The van der Waals surface area contributed by atoms with Crippen LogP contribution >= 0.6 is 0 Å². The second-order valence-corrected chi connectivity index (χ2v) is 8.06. The molecule has 35 heavy (non-hydrogen) atoms. The highest BCUT2D eigenvalue weighted by atomic mass is 19.4. The van der Waals surface area contributed by atoms with Crippen molar-refractivity contribution in [3.8, 4) is 11.4 Å². The molecule has 184 valence electrons. The number of benzene rings is 2. The first-order valence-electron chi connectivity index (χ1n) is 10.8. The lowest BCUT2D eigenvalue weighted by Crippen LogP contribution is -2.36. The molecule has 0 atom stereocenters. The van der Waals surface area contributed by atoms with Crippen LogP contribution in [0.1, 0.15) is 39.7 Å². The van der Waals surface area contributed by atoms with E-state index in [-0.39, 0.29) is 37.7 Å². The summed E-state index contributed by atoms with van der Waals surface area (Å²) < 4.78 is 65.5. The van der Waals surface area contributed by atoms with Crippen molar-refractivity contribution in [1.29, 1.82) is 0 Å². The zero-order valence-electron chi connectivity index (χ0n) is 19.0. The Morgan fingerprint density at radius 2 is 1.91 bits per heavy atom. The molecule has 2 heterocycles. The number of aromatic nitrogens is 1. The number of alkyl halides is 3. The van der Waals surface area contributed by atoms with Crippen LogP contribution in [0.2, 0.25) is 0 Å². The molecule has 2 aromatic carbocycles. The normalized spacial score (nSPS) is 13.2. The van der Waals surface area contributed by atoms with E-state index in [1.807, 2.05) is 0 Å². The topological polar surface area (TPSA) is 60.8 Å². The molecule has 0 saturated carbocycles. The molecule has 0 radical (unpaired) electrons.